The molecule has 0 bridgehead atoms. The quantitative estimate of drug-likeness (QED) is 0.314. The molecule has 7 nitrogen and oxygen atoms in total. The van der Waals surface area contributed by atoms with E-state index >= 15 is 0 Å². The van der Waals surface area contributed by atoms with Crippen molar-refractivity contribution in [2.24, 2.45) is 5.92 Å². The molecule has 0 radical (unpaired) electrons. The number of ether oxygens (including phenoxy) is 2. The lowest BCUT2D eigenvalue weighted by atomic mass is 9.82. The maximum atomic E-state index is 13.9. The van der Waals surface area contributed by atoms with Crippen molar-refractivity contribution in [2.75, 3.05) is 25.2 Å². The highest BCUT2D eigenvalue weighted by Crippen LogP contribution is 2.59. The molecule has 31 heavy (non-hydrogen) atoms. The van der Waals surface area contributed by atoms with Crippen molar-refractivity contribution in [1.29, 1.82) is 0 Å². The molecule has 1 amide bonds. The Morgan fingerprint density at radius 3 is 2.68 bits per heavy atom. The van der Waals surface area contributed by atoms with E-state index in [9.17, 15) is 19.5 Å². The summed E-state index contributed by atoms with van der Waals surface area (Å²) in [4.78, 5) is 38.1. The van der Waals surface area contributed by atoms with Crippen LogP contribution in [-0.4, -0.2) is 56.5 Å². The van der Waals surface area contributed by atoms with E-state index in [0.29, 0.717) is 32.2 Å². The lowest BCUT2D eigenvalue weighted by Gasteiger charge is -2.32. The van der Waals surface area contributed by atoms with Crippen molar-refractivity contribution in [1.82, 2.24) is 0 Å². The topological polar surface area (TPSA) is 96.3 Å². The smallest absolute Gasteiger partial charge is 0.305 e. The van der Waals surface area contributed by atoms with Gasteiger partial charge >= 0.3 is 5.97 Å². The summed E-state index contributed by atoms with van der Waals surface area (Å²) in [6.45, 7) is 6.12. The summed E-state index contributed by atoms with van der Waals surface area (Å²) in [6, 6.07) is 5.75. The Labute approximate surface area is 193 Å². The third kappa shape index (κ3) is 4.35. The fourth-order valence-corrected chi connectivity index (χ4v) is 8.27. The number of benzene rings is 1. The van der Waals surface area contributed by atoms with E-state index in [4.69, 9.17) is 9.47 Å². The highest BCUT2D eigenvalue weighted by molar-refractivity contribution is 9.10. The Balaban J connectivity index is 1.96. The molecule has 0 unspecified atom stereocenters. The summed E-state index contributed by atoms with van der Waals surface area (Å²) in [5, 5.41) is 9.61. The van der Waals surface area contributed by atoms with Gasteiger partial charge in [0, 0.05) is 41.1 Å². The molecule has 1 fully saturated rings. The number of methoxy groups -OCH3 is 1. The van der Waals surface area contributed by atoms with E-state index in [1.165, 1.54) is 7.11 Å². The highest BCUT2D eigenvalue weighted by Gasteiger charge is 2.66. The zero-order valence-electron chi connectivity index (χ0n) is 18.6. The average molecular weight is 514 g/mol. The number of halogens is 1. The number of fused-ring (bicyclic) bond motifs is 2. The van der Waals surface area contributed by atoms with Gasteiger partial charge in [0.25, 0.3) is 5.91 Å². The molecule has 0 aromatic heterocycles. The molecule has 0 aliphatic carbocycles. The SMILES string of the molecule is COC(=O)CCCCN1C(=O)[C@]2(O[C@H](CCO)[C@@H]([Si](C)(C)O)[C@@H]2C)c2cc(Br)ccc21. The summed E-state index contributed by atoms with van der Waals surface area (Å²) in [5.41, 5.74) is 0.239. The van der Waals surface area contributed by atoms with E-state index in [1.54, 1.807) is 4.90 Å². The minimum absolute atomic E-state index is 0.0643. The Morgan fingerprint density at radius 2 is 2.06 bits per heavy atom. The standard InChI is InChI=1S/C22H32BrNO6Si/c1-14-20(31(3,4)28)18(10-12-25)30-22(14)16-13-15(23)8-9-17(16)24(21(22)27)11-6-5-7-19(26)29-2/h8-9,13-14,18,20,25,28H,5-7,10-12H2,1-4H3/t14-,18+,20-,22+/m0/s1. The number of aliphatic hydroxyl groups excluding tert-OH is 1. The maximum Gasteiger partial charge on any atom is 0.305 e. The Morgan fingerprint density at radius 1 is 1.35 bits per heavy atom. The number of hydrogen-bond donors (Lipinski definition) is 2. The summed E-state index contributed by atoms with van der Waals surface area (Å²) >= 11 is 3.53. The van der Waals surface area contributed by atoms with Crippen LogP contribution < -0.4 is 4.90 Å². The Kier molecular flexibility index (Phi) is 7.32. The third-order valence-electron chi connectivity index (χ3n) is 6.60. The largest absolute Gasteiger partial charge is 0.469 e. The highest BCUT2D eigenvalue weighted by atomic mass is 79.9. The number of carbonyl (C=O) groups excluding carboxylic acids is 2. The second-order valence-corrected chi connectivity index (χ2v) is 13.9. The molecule has 3 rings (SSSR count). The number of esters is 1. The number of carbonyl (C=O) groups is 2. The first-order valence-electron chi connectivity index (χ1n) is 10.8. The first-order chi connectivity index (χ1) is 14.6. The van der Waals surface area contributed by atoms with Crippen LogP contribution in [-0.2, 0) is 24.7 Å². The molecule has 2 aliphatic rings. The van der Waals surface area contributed by atoms with E-state index < -0.39 is 13.9 Å². The molecule has 1 aromatic rings. The number of rotatable bonds is 8. The normalized spacial score (nSPS) is 27.8. The molecule has 2 heterocycles. The van der Waals surface area contributed by atoms with Crippen LogP contribution in [0.15, 0.2) is 22.7 Å². The number of aliphatic hydroxyl groups is 1. The first-order valence-corrected chi connectivity index (χ1v) is 14.6. The molecular weight excluding hydrogens is 482 g/mol. The Hall–Kier alpha value is -1.26. The van der Waals surface area contributed by atoms with Crippen LogP contribution >= 0.6 is 15.9 Å². The molecule has 1 spiro atoms. The van der Waals surface area contributed by atoms with Gasteiger partial charge in [-0.1, -0.05) is 22.9 Å². The summed E-state index contributed by atoms with van der Waals surface area (Å²) in [6.07, 6.45) is 1.59. The zero-order chi connectivity index (χ0) is 23.0. The third-order valence-corrected chi connectivity index (χ3v) is 9.60. The van der Waals surface area contributed by atoms with Gasteiger partial charge in [-0.05, 0) is 50.6 Å². The van der Waals surface area contributed by atoms with Crippen LogP contribution in [0.4, 0.5) is 5.69 Å². The number of nitrogens with zero attached hydrogens (tertiary/aromatic N) is 1. The van der Waals surface area contributed by atoms with Gasteiger partial charge in [-0.2, -0.15) is 0 Å². The fraction of sp³-hybridized carbons (Fsp3) is 0.636. The molecule has 2 N–H and O–H groups in total. The molecule has 2 aliphatic heterocycles. The van der Waals surface area contributed by atoms with Crippen molar-refractivity contribution < 1.29 is 29.0 Å². The van der Waals surface area contributed by atoms with Crippen molar-refractivity contribution in [2.45, 2.75) is 62.9 Å². The molecule has 4 atom stereocenters. The van der Waals surface area contributed by atoms with Gasteiger partial charge in [0.2, 0.25) is 0 Å². The van der Waals surface area contributed by atoms with Crippen LogP contribution in [0, 0.1) is 5.92 Å². The molecular formula is C22H32BrNO6Si. The van der Waals surface area contributed by atoms with Gasteiger partial charge in [0.1, 0.15) is 0 Å². The van der Waals surface area contributed by atoms with Gasteiger partial charge in [0.05, 0.1) is 18.9 Å². The maximum absolute atomic E-state index is 13.9. The van der Waals surface area contributed by atoms with Gasteiger partial charge in [-0.25, -0.2) is 0 Å². The van der Waals surface area contributed by atoms with Crippen LogP contribution in [0.1, 0.15) is 38.2 Å². The number of anilines is 1. The Bertz CT molecular complexity index is 844. The molecule has 9 heteroatoms. The predicted molar refractivity (Wildman–Crippen MR) is 123 cm³/mol. The van der Waals surface area contributed by atoms with Gasteiger partial charge < -0.3 is 24.3 Å². The number of amides is 1. The lowest BCUT2D eigenvalue weighted by Crippen LogP contribution is -2.46. The minimum Gasteiger partial charge on any atom is -0.469 e. The van der Waals surface area contributed by atoms with Gasteiger partial charge in [-0.3, -0.25) is 9.59 Å². The van der Waals surface area contributed by atoms with Crippen molar-refractivity contribution in [3.05, 3.63) is 28.2 Å². The van der Waals surface area contributed by atoms with Crippen LogP contribution in [0.3, 0.4) is 0 Å². The minimum atomic E-state index is -2.69. The van der Waals surface area contributed by atoms with E-state index in [-0.39, 0.29) is 36.0 Å². The molecule has 172 valence electrons. The second kappa shape index (κ2) is 9.31. The van der Waals surface area contributed by atoms with Gasteiger partial charge in [-0.15, -0.1) is 0 Å². The van der Waals surface area contributed by atoms with Crippen molar-refractivity contribution in [3.63, 3.8) is 0 Å². The summed E-state index contributed by atoms with van der Waals surface area (Å²) < 4.78 is 12.1. The van der Waals surface area contributed by atoms with Crippen LogP contribution in [0.2, 0.25) is 18.6 Å². The number of unbranched alkanes of at least 4 members (excludes halogenated alkanes) is 1. The van der Waals surface area contributed by atoms with Crippen LogP contribution in [0.5, 0.6) is 0 Å². The van der Waals surface area contributed by atoms with E-state index in [1.807, 2.05) is 38.2 Å². The van der Waals surface area contributed by atoms with Crippen LogP contribution in [0.25, 0.3) is 0 Å². The second-order valence-electron chi connectivity index (χ2n) is 9.02. The number of hydrogen-bond acceptors (Lipinski definition) is 6. The van der Waals surface area contributed by atoms with E-state index in [2.05, 4.69) is 15.9 Å². The monoisotopic (exact) mass is 513 g/mol. The van der Waals surface area contributed by atoms with Gasteiger partial charge in [0.15, 0.2) is 13.9 Å². The van der Waals surface area contributed by atoms with Crippen molar-refractivity contribution in [3.8, 4) is 0 Å². The van der Waals surface area contributed by atoms with Crippen molar-refractivity contribution >= 4 is 41.8 Å². The predicted octanol–water partition coefficient (Wildman–Crippen LogP) is 3.32. The molecule has 1 aromatic carbocycles. The fourth-order valence-electron chi connectivity index (χ4n) is 5.31. The summed E-state index contributed by atoms with van der Waals surface area (Å²) in [7, 11) is -1.32. The first kappa shape index (κ1) is 24.4. The molecule has 0 saturated carbocycles. The molecule has 1 saturated heterocycles. The zero-order valence-corrected chi connectivity index (χ0v) is 21.1. The summed E-state index contributed by atoms with van der Waals surface area (Å²) in [5.74, 6) is -0.627. The average Bonchev–Trinajstić information content (AvgIpc) is 3.12. The lowest BCUT2D eigenvalue weighted by molar-refractivity contribution is -0.146. The van der Waals surface area contributed by atoms with E-state index in [0.717, 1.165) is 15.7 Å².